The number of amides is 3. The summed E-state index contributed by atoms with van der Waals surface area (Å²) < 4.78 is 16.8. The normalized spacial score (nSPS) is 12.3. The van der Waals surface area contributed by atoms with Gasteiger partial charge in [-0.3, -0.25) is 4.79 Å². The number of urea groups is 1. The molecule has 2 heterocycles. The SMILES string of the molecule is Cc1ccc(CN(Cc2ccc3c(c2)OCO3)C(=O)CN(C(=O)Nc2c(C(C)C)cccc2C(C)C)C(C)C)o1. The second kappa shape index (κ2) is 12.5. The maximum atomic E-state index is 13.8. The molecule has 0 aliphatic carbocycles. The number of furan rings is 1. The van der Waals surface area contributed by atoms with Crippen LogP contribution < -0.4 is 14.8 Å². The van der Waals surface area contributed by atoms with Crippen molar-refractivity contribution in [2.75, 3.05) is 18.7 Å². The lowest BCUT2D eigenvalue weighted by Crippen LogP contribution is -2.47. The molecule has 2 aromatic carbocycles. The van der Waals surface area contributed by atoms with E-state index in [4.69, 9.17) is 13.9 Å². The van der Waals surface area contributed by atoms with Crippen molar-refractivity contribution in [3.05, 3.63) is 76.7 Å². The third kappa shape index (κ3) is 6.79. The van der Waals surface area contributed by atoms with Crippen LogP contribution in [0.3, 0.4) is 0 Å². The molecule has 0 spiro atoms. The van der Waals surface area contributed by atoms with E-state index in [-0.39, 0.29) is 49.7 Å². The van der Waals surface area contributed by atoms with Crippen molar-refractivity contribution in [1.29, 1.82) is 0 Å². The van der Waals surface area contributed by atoms with E-state index in [0.717, 1.165) is 28.1 Å². The number of hydrogen-bond acceptors (Lipinski definition) is 5. The van der Waals surface area contributed by atoms with Crippen LogP contribution >= 0.6 is 0 Å². The van der Waals surface area contributed by atoms with Gasteiger partial charge < -0.3 is 29.0 Å². The maximum Gasteiger partial charge on any atom is 0.322 e. The van der Waals surface area contributed by atoms with E-state index in [1.165, 1.54) is 0 Å². The predicted octanol–water partition coefficient (Wildman–Crippen LogP) is 7.03. The van der Waals surface area contributed by atoms with Gasteiger partial charge in [0, 0.05) is 18.3 Å². The Kier molecular flexibility index (Phi) is 9.07. The zero-order valence-electron chi connectivity index (χ0n) is 24.6. The maximum absolute atomic E-state index is 13.8. The summed E-state index contributed by atoms with van der Waals surface area (Å²) in [4.78, 5) is 30.8. The minimum Gasteiger partial charge on any atom is -0.464 e. The number of anilines is 1. The Labute approximate surface area is 237 Å². The van der Waals surface area contributed by atoms with Gasteiger partial charge in [0.05, 0.1) is 6.54 Å². The number of fused-ring (bicyclic) bond motifs is 1. The smallest absolute Gasteiger partial charge is 0.322 e. The van der Waals surface area contributed by atoms with Crippen molar-refractivity contribution < 1.29 is 23.5 Å². The van der Waals surface area contributed by atoms with Crippen LogP contribution in [-0.4, -0.2) is 41.1 Å². The molecule has 8 nitrogen and oxygen atoms in total. The number of nitrogens with zero attached hydrogens (tertiary/aromatic N) is 2. The summed E-state index contributed by atoms with van der Waals surface area (Å²) in [7, 11) is 0. The molecule has 1 aliphatic heterocycles. The zero-order chi connectivity index (χ0) is 29.0. The largest absolute Gasteiger partial charge is 0.464 e. The first-order valence-electron chi connectivity index (χ1n) is 14.0. The van der Waals surface area contributed by atoms with Gasteiger partial charge in [-0.25, -0.2) is 4.79 Å². The first kappa shape index (κ1) is 29.1. The van der Waals surface area contributed by atoms with Crippen LogP contribution in [0.5, 0.6) is 11.5 Å². The van der Waals surface area contributed by atoms with Crippen LogP contribution in [-0.2, 0) is 17.9 Å². The molecule has 1 aliphatic rings. The number of carbonyl (C=O) groups is 2. The molecule has 0 saturated carbocycles. The molecule has 0 bridgehead atoms. The zero-order valence-corrected chi connectivity index (χ0v) is 24.6. The Hall–Kier alpha value is -3.94. The molecule has 3 amide bonds. The van der Waals surface area contributed by atoms with Crippen molar-refractivity contribution in [2.24, 2.45) is 0 Å². The van der Waals surface area contributed by atoms with Crippen molar-refractivity contribution in [2.45, 2.75) is 79.4 Å². The van der Waals surface area contributed by atoms with Crippen molar-refractivity contribution in [1.82, 2.24) is 9.80 Å². The molecular formula is C32H41N3O5. The third-order valence-electron chi connectivity index (χ3n) is 7.10. The number of nitrogens with one attached hydrogen (secondary N) is 1. The van der Waals surface area contributed by atoms with Crippen molar-refractivity contribution in [3.8, 4) is 11.5 Å². The average molecular weight is 548 g/mol. The lowest BCUT2D eigenvalue weighted by Gasteiger charge is -2.31. The van der Waals surface area contributed by atoms with E-state index >= 15 is 0 Å². The second-order valence-corrected chi connectivity index (χ2v) is 11.2. The number of ether oxygens (including phenoxy) is 2. The van der Waals surface area contributed by atoms with Gasteiger partial charge in [0.1, 0.15) is 18.1 Å². The molecule has 1 aromatic heterocycles. The monoisotopic (exact) mass is 547 g/mol. The highest BCUT2D eigenvalue weighted by Gasteiger charge is 2.27. The van der Waals surface area contributed by atoms with Crippen LogP contribution in [0.25, 0.3) is 0 Å². The highest BCUT2D eigenvalue weighted by atomic mass is 16.7. The van der Waals surface area contributed by atoms with E-state index in [0.29, 0.717) is 23.8 Å². The summed E-state index contributed by atoms with van der Waals surface area (Å²) in [5.41, 5.74) is 3.88. The standard InChI is InChI=1S/C32H41N3O5/c1-20(2)26-9-8-10-27(21(3)4)31(26)33-32(37)35(22(5)6)18-30(36)34(17-25-13-11-23(7)40-25)16-24-12-14-28-29(15-24)39-19-38-28/h8-15,20-22H,16-19H2,1-7H3,(H,33,37). The molecule has 8 heteroatoms. The van der Waals surface area contributed by atoms with Gasteiger partial charge >= 0.3 is 6.03 Å². The molecule has 1 N–H and O–H groups in total. The number of para-hydroxylation sites is 1. The Bertz CT molecular complexity index is 1320. The molecular weight excluding hydrogens is 506 g/mol. The predicted molar refractivity (Wildman–Crippen MR) is 156 cm³/mol. The molecule has 0 radical (unpaired) electrons. The van der Waals surface area contributed by atoms with Crippen LogP contribution in [0, 0.1) is 6.92 Å². The second-order valence-electron chi connectivity index (χ2n) is 11.2. The molecule has 0 fully saturated rings. The van der Waals surface area contributed by atoms with Crippen molar-refractivity contribution >= 4 is 17.6 Å². The minimum absolute atomic E-state index is 0.0748. The first-order chi connectivity index (χ1) is 19.0. The van der Waals surface area contributed by atoms with E-state index in [9.17, 15) is 9.59 Å². The molecule has 0 atom stereocenters. The quantitative estimate of drug-likeness (QED) is 0.294. The van der Waals surface area contributed by atoms with Gasteiger partial charge in [-0.1, -0.05) is 52.0 Å². The van der Waals surface area contributed by atoms with Gasteiger partial charge in [-0.2, -0.15) is 0 Å². The summed E-state index contributed by atoms with van der Waals surface area (Å²) in [6.45, 7) is 14.9. The van der Waals surface area contributed by atoms with E-state index in [1.807, 2.05) is 57.2 Å². The molecule has 0 unspecified atom stereocenters. The number of aryl methyl sites for hydroxylation is 1. The summed E-state index contributed by atoms with van der Waals surface area (Å²) in [5, 5.41) is 3.17. The third-order valence-corrected chi connectivity index (χ3v) is 7.10. The minimum atomic E-state index is -0.296. The van der Waals surface area contributed by atoms with Gasteiger partial charge in [-0.05, 0) is 73.6 Å². The summed E-state index contributed by atoms with van der Waals surface area (Å²) in [5.74, 6) is 3.09. The summed E-state index contributed by atoms with van der Waals surface area (Å²) in [6, 6.07) is 15.1. The number of benzene rings is 2. The van der Waals surface area contributed by atoms with Gasteiger partial charge in [0.2, 0.25) is 12.7 Å². The van der Waals surface area contributed by atoms with Gasteiger partial charge in [-0.15, -0.1) is 0 Å². The number of rotatable bonds is 10. The van der Waals surface area contributed by atoms with Gasteiger partial charge in [0.25, 0.3) is 0 Å². The molecule has 214 valence electrons. The first-order valence-corrected chi connectivity index (χ1v) is 14.0. The van der Waals surface area contributed by atoms with Crippen LogP contribution in [0.4, 0.5) is 10.5 Å². The summed E-state index contributed by atoms with van der Waals surface area (Å²) in [6.07, 6.45) is 0. The molecule has 4 rings (SSSR count). The van der Waals surface area contributed by atoms with Crippen LogP contribution in [0.15, 0.2) is 52.9 Å². The van der Waals surface area contributed by atoms with E-state index in [1.54, 1.807) is 9.80 Å². The Morgan fingerprint density at radius 2 is 1.55 bits per heavy atom. The fourth-order valence-electron chi connectivity index (χ4n) is 4.86. The Morgan fingerprint density at radius 3 is 2.15 bits per heavy atom. The molecule has 40 heavy (non-hydrogen) atoms. The highest BCUT2D eigenvalue weighted by Crippen LogP contribution is 2.34. The number of hydrogen-bond donors (Lipinski definition) is 1. The molecule has 3 aromatic rings. The van der Waals surface area contributed by atoms with E-state index in [2.05, 4.69) is 45.1 Å². The van der Waals surface area contributed by atoms with Crippen LogP contribution in [0.2, 0.25) is 0 Å². The molecule has 0 saturated heterocycles. The summed E-state index contributed by atoms with van der Waals surface area (Å²) >= 11 is 0. The lowest BCUT2D eigenvalue weighted by molar-refractivity contribution is -0.133. The fourth-order valence-corrected chi connectivity index (χ4v) is 4.86. The van der Waals surface area contributed by atoms with Crippen LogP contribution in [0.1, 0.15) is 81.6 Å². The van der Waals surface area contributed by atoms with Gasteiger partial charge in [0.15, 0.2) is 11.5 Å². The Balaban J connectivity index is 1.57. The number of carbonyl (C=O) groups excluding carboxylic acids is 2. The highest BCUT2D eigenvalue weighted by molar-refractivity contribution is 5.94. The Morgan fingerprint density at radius 1 is 0.875 bits per heavy atom. The fraction of sp³-hybridized carbons (Fsp3) is 0.438. The van der Waals surface area contributed by atoms with Crippen molar-refractivity contribution in [3.63, 3.8) is 0 Å². The van der Waals surface area contributed by atoms with E-state index < -0.39 is 0 Å². The topological polar surface area (TPSA) is 84.2 Å². The lowest BCUT2D eigenvalue weighted by atomic mass is 9.93. The average Bonchev–Trinajstić information content (AvgIpc) is 3.54.